The lowest BCUT2D eigenvalue weighted by Crippen LogP contribution is -2.39. The average molecular weight is 225 g/mol. The van der Waals surface area contributed by atoms with E-state index in [0.29, 0.717) is 12.0 Å². The molecule has 16 heavy (non-hydrogen) atoms. The summed E-state index contributed by atoms with van der Waals surface area (Å²) in [5.74, 6) is 1.43. The molecule has 3 unspecified atom stereocenters. The van der Waals surface area contributed by atoms with E-state index in [-0.39, 0.29) is 6.10 Å². The van der Waals surface area contributed by atoms with Crippen LogP contribution in [0.1, 0.15) is 58.3 Å². The maximum atomic E-state index is 10.1. The summed E-state index contributed by atoms with van der Waals surface area (Å²) in [4.78, 5) is 0. The zero-order valence-corrected chi connectivity index (χ0v) is 10.6. The zero-order chi connectivity index (χ0) is 11.4. The fraction of sp³-hybridized carbons (Fsp3) is 1.00. The summed E-state index contributed by atoms with van der Waals surface area (Å²) in [6.07, 6.45) is 10.4. The Morgan fingerprint density at radius 2 is 1.88 bits per heavy atom. The first kappa shape index (κ1) is 12.4. The van der Waals surface area contributed by atoms with Crippen LogP contribution in [0.2, 0.25) is 0 Å². The van der Waals surface area contributed by atoms with E-state index < -0.39 is 0 Å². The summed E-state index contributed by atoms with van der Waals surface area (Å²) in [5, 5.41) is 13.7. The molecule has 2 saturated carbocycles. The van der Waals surface area contributed by atoms with Crippen LogP contribution in [0.25, 0.3) is 0 Å². The Hall–Kier alpha value is -0.0800. The van der Waals surface area contributed by atoms with Crippen molar-refractivity contribution < 1.29 is 5.11 Å². The predicted octanol–water partition coefficient (Wildman–Crippen LogP) is 2.71. The van der Waals surface area contributed by atoms with Gasteiger partial charge in [-0.2, -0.15) is 0 Å². The minimum Gasteiger partial charge on any atom is -0.392 e. The van der Waals surface area contributed by atoms with Gasteiger partial charge >= 0.3 is 0 Å². The average Bonchev–Trinajstić information content (AvgIpc) is 2.96. The Morgan fingerprint density at radius 1 is 1.12 bits per heavy atom. The van der Waals surface area contributed by atoms with Crippen LogP contribution >= 0.6 is 0 Å². The van der Waals surface area contributed by atoms with Crippen LogP contribution in [0, 0.1) is 11.8 Å². The maximum absolute atomic E-state index is 10.1. The molecule has 2 fully saturated rings. The molecule has 2 heteroatoms. The molecule has 2 aliphatic rings. The first-order valence-corrected chi connectivity index (χ1v) is 7.22. The summed E-state index contributed by atoms with van der Waals surface area (Å²) in [7, 11) is 0. The lowest BCUT2D eigenvalue weighted by atomic mass is 9.98. The van der Waals surface area contributed by atoms with Crippen LogP contribution in [-0.2, 0) is 0 Å². The Labute approximate surface area is 99.8 Å². The van der Waals surface area contributed by atoms with Crippen molar-refractivity contribution in [1.29, 1.82) is 0 Å². The second kappa shape index (κ2) is 6.02. The van der Waals surface area contributed by atoms with Crippen molar-refractivity contribution in [3.63, 3.8) is 0 Å². The molecular weight excluding hydrogens is 198 g/mol. The third-order valence-corrected chi connectivity index (χ3v) is 4.72. The highest BCUT2D eigenvalue weighted by Crippen LogP contribution is 2.30. The van der Waals surface area contributed by atoms with Gasteiger partial charge in [-0.15, -0.1) is 0 Å². The van der Waals surface area contributed by atoms with E-state index in [1.165, 1.54) is 51.4 Å². The van der Waals surface area contributed by atoms with E-state index in [9.17, 15) is 5.11 Å². The summed E-state index contributed by atoms with van der Waals surface area (Å²) in [5.41, 5.74) is 0. The smallest absolute Gasteiger partial charge is 0.0692 e. The van der Waals surface area contributed by atoms with Gasteiger partial charge < -0.3 is 10.4 Å². The van der Waals surface area contributed by atoms with Gasteiger partial charge in [0.1, 0.15) is 0 Å². The molecule has 2 N–H and O–H groups in total. The van der Waals surface area contributed by atoms with E-state index in [1.54, 1.807) is 0 Å². The molecule has 0 aromatic rings. The van der Waals surface area contributed by atoms with E-state index in [0.717, 1.165) is 12.5 Å². The quantitative estimate of drug-likeness (QED) is 0.754. The van der Waals surface area contributed by atoms with Crippen LogP contribution in [0.5, 0.6) is 0 Å². The van der Waals surface area contributed by atoms with E-state index >= 15 is 0 Å². The molecule has 0 aromatic carbocycles. The van der Waals surface area contributed by atoms with Gasteiger partial charge in [0.15, 0.2) is 0 Å². The summed E-state index contributed by atoms with van der Waals surface area (Å²) in [6.45, 7) is 3.11. The minimum atomic E-state index is -0.0967. The molecule has 2 aliphatic carbocycles. The molecule has 0 spiro atoms. The second-order valence-electron chi connectivity index (χ2n) is 5.73. The molecule has 2 nitrogen and oxygen atoms in total. The van der Waals surface area contributed by atoms with Gasteiger partial charge in [0, 0.05) is 12.6 Å². The Bertz CT molecular complexity index is 201. The van der Waals surface area contributed by atoms with Crippen molar-refractivity contribution in [2.24, 2.45) is 11.8 Å². The van der Waals surface area contributed by atoms with Gasteiger partial charge in [-0.25, -0.2) is 0 Å². The lowest BCUT2D eigenvalue weighted by Gasteiger charge is -2.24. The number of nitrogens with one attached hydrogen (secondary N) is 1. The van der Waals surface area contributed by atoms with Gasteiger partial charge in [-0.3, -0.25) is 0 Å². The molecule has 0 bridgehead atoms. The highest BCUT2D eigenvalue weighted by Gasteiger charge is 2.28. The van der Waals surface area contributed by atoms with E-state index in [2.05, 4.69) is 12.2 Å². The Balaban J connectivity index is 1.69. The molecule has 2 rings (SSSR count). The Morgan fingerprint density at radius 3 is 2.56 bits per heavy atom. The van der Waals surface area contributed by atoms with Crippen LogP contribution in [0.15, 0.2) is 0 Å². The number of rotatable bonds is 5. The zero-order valence-electron chi connectivity index (χ0n) is 10.6. The van der Waals surface area contributed by atoms with Crippen molar-refractivity contribution in [3.8, 4) is 0 Å². The van der Waals surface area contributed by atoms with E-state index in [1.807, 2.05) is 0 Å². The minimum absolute atomic E-state index is 0.0967. The van der Waals surface area contributed by atoms with Gasteiger partial charge in [-0.1, -0.05) is 32.6 Å². The standard InChI is InChI=1S/C14H27NO/c1-2-11-8-5-9-13(11)15-10-14(16)12-6-3-4-7-12/h11-16H,2-10H2,1H3. The van der Waals surface area contributed by atoms with Crippen LogP contribution in [0.4, 0.5) is 0 Å². The fourth-order valence-corrected chi connectivity index (χ4v) is 3.58. The number of hydrogen-bond acceptors (Lipinski definition) is 2. The number of aliphatic hydroxyl groups excluding tert-OH is 1. The summed E-state index contributed by atoms with van der Waals surface area (Å²) in [6, 6.07) is 0.682. The van der Waals surface area contributed by atoms with Crippen LogP contribution in [0.3, 0.4) is 0 Å². The summed E-state index contributed by atoms with van der Waals surface area (Å²) >= 11 is 0. The first-order chi connectivity index (χ1) is 7.81. The molecular formula is C14H27NO. The predicted molar refractivity (Wildman–Crippen MR) is 67.4 cm³/mol. The van der Waals surface area contributed by atoms with Gasteiger partial charge in [0.25, 0.3) is 0 Å². The van der Waals surface area contributed by atoms with Gasteiger partial charge in [-0.05, 0) is 37.5 Å². The van der Waals surface area contributed by atoms with Gasteiger partial charge in [0.2, 0.25) is 0 Å². The molecule has 0 amide bonds. The van der Waals surface area contributed by atoms with E-state index in [4.69, 9.17) is 0 Å². The van der Waals surface area contributed by atoms with Crippen molar-refractivity contribution in [1.82, 2.24) is 5.32 Å². The SMILES string of the molecule is CCC1CCCC1NCC(O)C1CCCC1. The maximum Gasteiger partial charge on any atom is 0.0692 e. The fourth-order valence-electron chi connectivity index (χ4n) is 3.58. The largest absolute Gasteiger partial charge is 0.392 e. The molecule has 0 radical (unpaired) electrons. The lowest BCUT2D eigenvalue weighted by molar-refractivity contribution is 0.104. The second-order valence-corrected chi connectivity index (χ2v) is 5.73. The molecule has 0 aromatic heterocycles. The molecule has 0 heterocycles. The normalized spacial score (nSPS) is 33.4. The first-order valence-electron chi connectivity index (χ1n) is 7.22. The molecule has 94 valence electrons. The van der Waals surface area contributed by atoms with Crippen LogP contribution in [-0.4, -0.2) is 23.8 Å². The summed E-state index contributed by atoms with van der Waals surface area (Å²) < 4.78 is 0. The van der Waals surface area contributed by atoms with Gasteiger partial charge in [0.05, 0.1) is 6.10 Å². The highest BCUT2D eigenvalue weighted by atomic mass is 16.3. The highest BCUT2D eigenvalue weighted by molar-refractivity contribution is 4.84. The molecule has 0 saturated heterocycles. The van der Waals surface area contributed by atoms with Crippen LogP contribution < -0.4 is 5.32 Å². The van der Waals surface area contributed by atoms with Crippen molar-refractivity contribution in [2.45, 2.75) is 70.4 Å². The molecule has 3 atom stereocenters. The number of hydrogen-bond donors (Lipinski definition) is 2. The van der Waals surface area contributed by atoms with Crippen molar-refractivity contribution in [3.05, 3.63) is 0 Å². The molecule has 0 aliphatic heterocycles. The number of aliphatic hydroxyl groups is 1. The third kappa shape index (κ3) is 2.98. The third-order valence-electron chi connectivity index (χ3n) is 4.72. The monoisotopic (exact) mass is 225 g/mol. The Kier molecular flexibility index (Phi) is 4.66. The van der Waals surface area contributed by atoms with Crippen molar-refractivity contribution >= 4 is 0 Å². The van der Waals surface area contributed by atoms with Crippen molar-refractivity contribution in [2.75, 3.05) is 6.54 Å². The topological polar surface area (TPSA) is 32.3 Å².